The van der Waals surface area contributed by atoms with E-state index in [9.17, 15) is 8.42 Å². The topological polar surface area (TPSA) is 96.3 Å². The molecule has 0 amide bonds. The number of nitrogens with zero attached hydrogens (tertiary/aromatic N) is 3. The van der Waals surface area contributed by atoms with Crippen molar-refractivity contribution >= 4 is 28.0 Å². The quantitative estimate of drug-likeness (QED) is 0.504. The van der Waals surface area contributed by atoms with E-state index in [2.05, 4.69) is 25.2 Å². The predicted molar refractivity (Wildman–Crippen MR) is 106 cm³/mol. The van der Waals surface area contributed by atoms with Gasteiger partial charge in [0.25, 0.3) is 10.0 Å². The minimum absolute atomic E-state index is 0.0204. The second-order valence-corrected chi connectivity index (χ2v) is 7.60. The van der Waals surface area contributed by atoms with Crippen molar-refractivity contribution in [1.82, 2.24) is 9.97 Å². The van der Waals surface area contributed by atoms with Crippen LogP contribution in [0.1, 0.15) is 16.8 Å². The Morgan fingerprint density at radius 2 is 1.67 bits per heavy atom. The number of hydrazone groups is 1. The summed E-state index contributed by atoms with van der Waals surface area (Å²) in [7, 11) is -3.77. The van der Waals surface area contributed by atoms with Crippen molar-refractivity contribution in [2.45, 2.75) is 18.7 Å². The first-order chi connectivity index (χ1) is 12.9. The first kappa shape index (κ1) is 18.5. The van der Waals surface area contributed by atoms with Crippen LogP contribution in [-0.4, -0.2) is 24.6 Å². The highest BCUT2D eigenvalue weighted by atomic mass is 32.2. The molecule has 1 aromatic heterocycles. The van der Waals surface area contributed by atoms with E-state index in [1.54, 1.807) is 31.3 Å². The van der Waals surface area contributed by atoms with Crippen LogP contribution in [0.2, 0.25) is 0 Å². The molecule has 2 aromatic carbocycles. The van der Waals surface area contributed by atoms with Crippen molar-refractivity contribution in [2.24, 2.45) is 5.10 Å². The molecule has 3 aromatic rings. The Kier molecular flexibility index (Phi) is 5.46. The minimum atomic E-state index is -3.77. The van der Waals surface area contributed by atoms with Crippen molar-refractivity contribution < 1.29 is 8.42 Å². The van der Waals surface area contributed by atoms with Crippen LogP contribution in [-0.2, 0) is 10.0 Å². The Balaban J connectivity index is 1.77. The molecule has 0 bridgehead atoms. The summed E-state index contributed by atoms with van der Waals surface area (Å²) >= 11 is 0. The molecule has 0 fully saturated rings. The Bertz CT molecular complexity index is 1050. The first-order valence-corrected chi connectivity index (χ1v) is 9.70. The molecule has 138 valence electrons. The second-order valence-electron chi connectivity index (χ2n) is 5.92. The van der Waals surface area contributed by atoms with E-state index in [1.165, 1.54) is 12.1 Å². The van der Waals surface area contributed by atoms with Gasteiger partial charge in [-0.25, -0.2) is 18.1 Å². The van der Waals surface area contributed by atoms with Crippen LogP contribution in [0.25, 0.3) is 0 Å². The normalized spacial score (nSPS) is 11.5. The van der Waals surface area contributed by atoms with E-state index < -0.39 is 10.0 Å². The van der Waals surface area contributed by atoms with Crippen LogP contribution in [0.4, 0.5) is 11.8 Å². The summed E-state index contributed by atoms with van der Waals surface area (Å²) < 4.78 is 27.4. The molecule has 8 heteroatoms. The van der Waals surface area contributed by atoms with Crippen LogP contribution >= 0.6 is 0 Å². The third kappa shape index (κ3) is 5.11. The van der Waals surface area contributed by atoms with Gasteiger partial charge in [-0.3, -0.25) is 5.43 Å². The van der Waals surface area contributed by atoms with Crippen LogP contribution in [0, 0.1) is 13.8 Å². The molecule has 0 aliphatic carbocycles. The summed E-state index contributed by atoms with van der Waals surface area (Å²) in [6, 6.07) is 17.8. The van der Waals surface area contributed by atoms with Gasteiger partial charge in [0.15, 0.2) is 5.82 Å². The van der Waals surface area contributed by atoms with E-state index in [4.69, 9.17) is 0 Å². The fraction of sp³-hybridized carbons (Fsp3) is 0.105. The van der Waals surface area contributed by atoms with E-state index in [0.717, 1.165) is 11.1 Å². The number of nitrogens with one attached hydrogen (secondary N) is 2. The van der Waals surface area contributed by atoms with Gasteiger partial charge >= 0.3 is 0 Å². The summed E-state index contributed by atoms with van der Waals surface area (Å²) in [5.41, 5.74) is 5.29. The van der Waals surface area contributed by atoms with Crippen molar-refractivity contribution in [3.05, 3.63) is 77.5 Å². The van der Waals surface area contributed by atoms with Gasteiger partial charge in [-0.2, -0.15) is 10.1 Å². The molecule has 27 heavy (non-hydrogen) atoms. The zero-order chi connectivity index (χ0) is 19.3. The van der Waals surface area contributed by atoms with E-state index in [1.807, 2.05) is 37.3 Å². The number of hydrogen-bond acceptors (Lipinski definition) is 6. The fourth-order valence-corrected chi connectivity index (χ4v) is 3.22. The lowest BCUT2D eigenvalue weighted by molar-refractivity contribution is 0.601. The Labute approximate surface area is 158 Å². The predicted octanol–water partition coefficient (Wildman–Crippen LogP) is 3.34. The second kappa shape index (κ2) is 7.96. The van der Waals surface area contributed by atoms with Gasteiger partial charge in [0.2, 0.25) is 5.95 Å². The minimum Gasteiger partial charge on any atom is -0.261 e. The van der Waals surface area contributed by atoms with Crippen LogP contribution in [0.5, 0.6) is 0 Å². The number of sulfonamides is 1. The lowest BCUT2D eigenvalue weighted by Crippen LogP contribution is -2.15. The van der Waals surface area contributed by atoms with E-state index in [0.29, 0.717) is 11.5 Å². The number of hydrogen-bond donors (Lipinski definition) is 2. The summed E-state index contributed by atoms with van der Waals surface area (Å²) in [4.78, 5) is 8.45. The molecule has 0 atom stereocenters. The van der Waals surface area contributed by atoms with Crippen LogP contribution < -0.4 is 10.1 Å². The molecule has 1 heterocycles. The van der Waals surface area contributed by atoms with Gasteiger partial charge < -0.3 is 0 Å². The zero-order valence-corrected chi connectivity index (χ0v) is 15.7. The molecule has 0 spiro atoms. The van der Waals surface area contributed by atoms with Crippen molar-refractivity contribution in [2.75, 3.05) is 10.1 Å². The van der Waals surface area contributed by atoms with Crippen molar-refractivity contribution in [3.63, 3.8) is 0 Å². The Hall–Kier alpha value is -3.26. The van der Waals surface area contributed by atoms with Gasteiger partial charge in [-0.1, -0.05) is 48.0 Å². The average molecular weight is 381 g/mol. The lowest BCUT2D eigenvalue weighted by atomic mass is 10.2. The number of anilines is 2. The van der Waals surface area contributed by atoms with Gasteiger partial charge in [0.1, 0.15) is 0 Å². The molecular weight excluding hydrogens is 362 g/mol. The Morgan fingerprint density at radius 3 is 2.37 bits per heavy atom. The lowest BCUT2D eigenvalue weighted by Gasteiger charge is -2.09. The van der Waals surface area contributed by atoms with E-state index >= 15 is 0 Å². The van der Waals surface area contributed by atoms with Crippen LogP contribution in [0.15, 0.2) is 70.7 Å². The third-order valence-corrected chi connectivity index (χ3v) is 4.95. The molecule has 0 saturated heterocycles. The van der Waals surface area contributed by atoms with Crippen molar-refractivity contribution in [1.29, 1.82) is 0 Å². The van der Waals surface area contributed by atoms with E-state index in [-0.39, 0.29) is 10.8 Å². The molecule has 3 rings (SSSR count). The van der Waals surface area contributed by atoms with Crippen molar-refractivity contribution in [3.8, 4) is 0 Å². The summed E-state index contributed by atoms with van der Waals surface area (Å²) in [6.45, 7) is 3.64. The smallest absolute Gasteiger partial charge is 0.261 e. The summed E-state index contributed by atoms with van der Waals surface area (Å²) in [5, 5.41) is 4.12. The SMILES string of the molecule is Cc1ccc(S(=O)(=O)Nc2nc(C)cc(NN=Cc3ccccc3)n2)cc1. The highest BCUT2D eigenvalue weighted by Crippen LogP contribution is 2.16. The Morgan fingerprint density at radius 1 is 0.963 bits per heavy atom. The molecule has 7 nitrogen and oxygen atoms in total. The molecule has 0 saturated carbocycles. The molecule has 0 unspecified atom stereocenters. The molecule has 0 aliphatic rings. The number of benzene rings is 2. The van der Waals surface area contributed by atoms with Gasteiger partial charge in [0, 0.05) is 11.8 Å². The highest BCUT2D eigenvalue weighted by Gasteiger charge is 2.16. The number of aryl methyl sites for hydroxylation is 2. The van der Waals surface area contributed by atoms with Crippen LogP contribution in [0.3, 0.4) is 0 Å². The summed E-state index contributed by atoms with van der Waals surface area (Å²) in [6.07, 6.45) is 1.65. The van der Waals surface area contributed by atoms with Gasteiger partial charge in [-0.05, 0) is 31.5 Å². The molecule has 0 aliphatic heterocycles. The molecule has 2 N–H and O–H groups in total. The molecular formula is C19H19N5O2S. The van der Waals surface area contributed by atoms with Gasteiger partial charge in [0.05, 0.1) is 11.1 Å². The summed E-state index contributed by atoms with van der Waals surface area (Å²) in [5.74, 6) is 0.365. The number of rotatable bonds is 6. The first-order valence-electron chi connectivity index (χ1n) is 8.22. The largest absolute Gasteiger partial charge is 0.264 e. The third-order valence-electron chi connectivity index (χ3n) is 3.60. The maximum atomic E-state index is 12.5. The maximum absolute atomic E-state index is 12.5. The highest BCUT2D eigenvalue weighted by molar-refractivity contribution is 7.92. The fourth-order valence-electron chi connectivity index (χ4n) is 2.28. The average Bonchev–Trinajstić information content (AvgIpc) is 2.62. The number of aromatic nitrogens is 2. The molecule has 0 radical (unpaired) electrons. The monoisotopic (exact) mass is 381 g/mol. The standard InChI is InChI=1S/C19H19N5O2S/c1-14-8-10-17(11-9-14)27(25,26)24-19-21-15(2)12-18(22-19)23-20-13-16-6-4-3-5-7-16/h3-13H,1-2H3,(H2,21,22,23,24). The zero-order valence-electron chi connectivity index (χ0n) is 14.9. The van der Waals surface area contributed by atoms with Gasteiger partial charge in [-0.15, -0.1) is 0 Å². The maximum Gasteiger partial charge on any atom is 0.264 e.